The number of carbonyl (C=O) groups excluding carboxylic acids is 1. The lowest BCUT2D eigenvalue weighted by molar-refractivity contribution is -0.134. The van der Waals surface area contributed by atoms with Crippen molar-refractivity contribution in [2.24, 2.45) is 11.7 Å². The van der Waals surface area contributed by atoms with Crippen molar-refractivity contribution in [3.8, 4) is 0 Å². The van der Waals surface area contributed by atoms with Gasteiger partial charge in [-0.3, -0.25) is 9.69 Å². The molecule has 0 bridgehead atoms. The van der Waals surface area contributed by atoms with Crippen LogP contribution in [0.3, 0.4) is 0 Å². The molecule has 1 atom stereocenters. The van der Waals surface area contributed by atoms with E-state index in [1.54, 1.807) is 4.90 Å². The summed E-state index contributed by atoms with van der Waals surface area (Å²) in [6.45, 7) is 4.97. The average molecular weight is 215 g/mol. The Morgan fingerprint density at radius 1 is 1.64 bits per heavy atom. The van der Waals surface area contributed by atoms with Crippen molar-refractivity contribution in [1.29, 1.82) is 0 Å². The molecule has 0 spiro atoms. The molecule has 1 rings (SSSR count). The number of rotatable bonds is 3. The number of likely N-dealkylation sites (N-methyl/N-ethyl adjacent to an activating group) is 1. The van der Waals surface area contributed by atoms with Gasteiger partial charge in [0.15, 0.2) is 0 Å². The molecule has 0 aromatic carbocycles. The molecule has 1 fully saturated rings. The van der Waals surface area contributed by atoms with Gasteiger partial charge in [-0.15, -0.1) is 0 Å². The molecule has 0 saturated carbocycles. The number of amides is 1. The minimum absolute atomic E-state index is 0.173. The number of carbonyl (C=O) groups is 1. The smallest absolute Gasteiger partial charge is 0.236 e. The normalized spacial score (nSPS) is 21.0. The van der Waals surface area contributed by atoms with Crippen molar-refractivity contribution >= 4 is 23.1 Å². The maximum atomic E-state index is 11.4. The van der Waals surface area contributed by atoms with E-state index in [0.29, 0.717) is 11.5 Å². The van der Waals surface area contributed by atoms with Crippen molar-refractivity contribution in [3.63, 3.8) is 0 Å². The summed E-state index contributed by atoms with van der Waals surface area (Å²) in [5, 5.41) is 0. The molecule has 1 amide bonds. The number of piperazine rings is 1. The van der Waals surface area contributed by atoms with Crippen LogP contribution < -0.4 is 5.73 Å². The molecule has 1 heterocycles. The summed E-state index contributed by atoms with van der Waals surface area (Å²) in [4.78, 5) is 15.8. The lowest BCUT2D eigenvalue weighted by Crippen LogP contribution is -2.50. The topological polar surface area (TPSA) is 49.6 Å². The fourth-order valence-corrected chi connectivity index (χ4v) is 1.51. The van der Waals surface area contributed by atoms with Gasteiger partial charge in [0.05, 0.1) is 11.5 Å². The molecule has 0 aliphatic carbocycles. The van der Waals surface area contributed by atoms with E-state index >= 15 is 0 Å². The molecule has 0 aromatic rings. The van der Waals surface area contributed by atoms with Crippen molar-refractivity contribution in [2.45, 2.75) is 6.92 Å². The highest BCUT2D eigenvalue weighted by atomic mass is 32.1. The first-order valence-electron chi connectivity index (χ1n) is 4.76. The van der Waals surface area contributed by atoms with Crippen LogP contribution in [0.4, 0.5) is 0 Å². The predicted octanol–water partition coefficient (Wildman–Crippen LogP) is -0.317. The molecule has 5 heteroatoms. The number of hydrogen-bond acceptors (Lipinski definition) is 3. The van der Waals surface area contributed by atoms with Gasteiger partial charge in [0.25, 0.3) is 0 Å². The van der Waals surface area contributed by atoms with E-state index in [0.717, 1.165) is 19.6 Å². The predicted molar refractivity (Wildman–Crippen MR) is 60.0 cm³/mol. The molecular weight excluding hydrogens is 198 g/mol. The number of nitrogens with zero attached hydrogens (tertiary/aromatic N) is 2. The summed E-state index contributed by atoms with van der Waals surface area (Å²) in [6.07, 6.45) is 0. The Morgan fingerprint density at radius 2 is 2.29 bits per heavy atom. The first kappa shape index (κ1) is 11.4. The highest BCUT2D eigenvalue weighted by molar-refractivity contribution is 7.80. The van der Waals surface area contributed by atoms with Crippen LogP contribution in [0.5, 0.6) is 0 Å². The summed E-state index contributed by atoms with van der Waals surface area (Å²) in [6, 6.07) is 0. The van der Waals surface area contributed by atoms with E-state index in [1.165, 1.54) is 0 Å². The Bertz CT molecular complexity index is 244. The minimum atomic E-state index is 0.173. The van der Waals surface area contributed by atoms with E-state index in [4.69, 9.17) is 18.0 Å². The Hall–Kier alpha value is -0.680. The second-order valence-electron chi connectivity index (χ2n) is 3.85. The molecule has 1 unspecified atom stereocenters. The summed E-state index contributed by atoms with van der Waals surface area (Å²) >= 11 is 4.90. The van der Waals surface area contributed by atoms with Crippen molar-refractivity contribution in [3.05, 3.63) is 0 Å². The second-order valence-corrected chi connectivity index (χ2v) is 4.33. The third-order valence-corrected chi connectivity index (χ3v) is 2.96. The Morgan fingerprint density at radius 3 is 2.79 bits per heavy atom. The van der Waals surface area contributed by atoms with Gasteiger partial charge in [-0.25, -0.2) is 0 Å². The average Bonchev–Trinajstić information content (AvgIpc) is 2.11. The number of thiocarbonyl (C=S) groups is 1. The van der Waals surface area contributed by atoms with E-state index in [9.17, 15) is 4.79 Å². The molecule has 14 heavy (non-hydrogen) atoms. The van der Waals surface area contributed by atoms with Gasteiger partial charge in [-0.1, -0.05) is 19.1 Å². The Kier molecular flexibility index (Phi) is 3.83. The third-order valence-electron chi connectivity index (χ3n) is 2.55. The van der Waals surface area contributed by atoms with Crippen LogP contribution in [0.1, 0.15) is 6.92 Å². The lowest BCUT2D eigenvalue weighted by atomic mass is 10.1. The van der Waals surface area contributed by atoms with E-state index in [1.807, 2.05) is 14.0 Å². The number of nitrogens with two attached hydrogens (primary N) is 1. The lowest BCUT2D eigenvalue weighted by Gasteiger charge is -2.33. The highest BCUT2D eigenvalue weighted by Crippen LogP contribution is 2.05. The first-order valence-corrected chi connectivity index (χ1v) is 5.17. The zero-order chi connectivity index (χ0) is 10.7. The monoisotopic (exact) mass is 215 g/mol. The number of hydrogen-bond donors (Lipinski definition) is 1. The van der Waals surface area contributed by atoms with Gasteiger partial charge < -0.3 is 10.6 Å². The highest BCUT2D eigenvalue weighted by Gasteiger charge is 2.22. The van der Waals surface area contributed by atoms with Crippen LogP contribution >= 0.6 is 12.2 Å². The van der Waals surface area contributed by atoms with Gasteiger partial charge >= 0.3 is 0 Å². The van der Waals surface area contributed by atoms with Crippen molar-refractivity contribution < 1.29 is 4.79 Å². The summed E-state index contributed by atoms with van der Waals surface area (Å²) in [5.41, 5.74) is 5.52. The van der Waals surface area contributed by atoms with Gasteiger partial charge in [-0.2, -0.15) is 0 Å². The van der Waals surface area contributed by atoms with E-state index < -0.39 is 0 Å². The zero-order valence-corrected chi connectivity index (χ0v) is 9.51. The first-order chi connectivity index (χ1) is 6.50. The summed E-state index contributed by atoms with van der Waals surface area (Å²) in [5.74, 6) is 0.354. The molecule has 2 N–H and O–H groups in total. The second kappa shape index (κ2) is 4.70. The molecule has 0 aromatic heterocycles. The summed E-state index contributed by atoms with van der Waals surface area (Å²) < 4.78 is 0. The van der Waals surface area contributed by atoms with E-state index in [-0.39, 0.29) is 11.8 Å². The van der Waals surface area contributed by atoms with Crippen molar-refractivity contribution in [2.75, 3.05) is 33.2 Å². The molecule has 80 valence electrons. The minimum Gasteiger partial charge on any atom is -0.393 e. The third kappa shape index (κ3) is 2.92. The molecule has 1 saturated heterocycles. The van der Waals surface area contributed by atoms with Gasteiger partial charge in [0.2, 0.25) is 5.91 Å². The van der Waals surface area contributed by atoms with Crippen LogP contribution in [-0.4, -0.2) is 53.9 Å². The summed E-state index contributed by atoms with van der Waals surface area (Å²) in [7, 11) is 1.83. The van der Waals surface area contributed by atoms with Crippen LogP contribution in [0, 0.1) is 5.92 Å². The molecule has 0 radical (unpaired) electrons. The maximum Gasteiger partial charge on any atom is 0.236 e. The molecule has 4 nitrogen and oxygen atoms in total. The maximum absolute atomic E-state index is 11.4. The van der Waals surface area contributed by atoms with Gasteiger partial charge in [0.1, 0.15) is 0 Å². The fraction of sp³-hybridized carbons (Fsp3) is 0.778. The molecular formula is C9H17N3OS. The molecule has 1 aliphatic rings. The fourth-order valence-electron chi connectivity index (χ4n) is 1.44. The van der Waals surface area contributed by atoms with Crippen molar-refractivity contribution in [1.82, 2.24) is 9.80 Å². The quantitative estimate of drug-likeness (QED) is 0.656. The Labute approximate surface area is 90.0 Å². The van der Waals surface area contributed by atoms with Gasteiger partial charge in [-0.05, 0) is 0 Å². The SMILES string of the molecule is CC(CN1CCN(C)C(=O)C1)C(N)=S. The van der Waals surface area contributed by atoms with Crippen LogP contribution in [0.15, 0.2) is 0 Å². The van der Waals surface area contributed by atoms with E-state index in [2.05, 4.69) is 4.90 Å². The Balaban J connectivity index is 2.40. The zero-order valence-electron chi connectivity index (χ0n) is 8.69. The molecule has 1 aliphatic heterocycles. The van der Waals surface area contributed by atoms with Gasteiger partial charge in [0, 0.05) is 32.6 Å². The van der Waals surface area contributed by atoms with Crippen LogP contribution in [0.2, 0.25) is 0 Å². The standard InChI is InChI=1S/C9H17N3OS/c1-7(9(10)14)5-12-4-3-11(2)8(13)6-12/h7H,3-6H2,1-2H3,(H2,10,14). The van der Waals surface area contributed by atoms with Crippen LogP contribution in [-0.2, 0) is 4.79 Å². The van der Waals surface area contributed by atoms with Crippen LogP contribution in [0.25, 0.3) is 0 Å². The largest absolute Gasteiger partial charge is 0.393 e.